The number of hydrogen-bond donors (Lipinski definition) is 2. The van der Waals surface area contributed by atoms with Gasteiger partial charge in [-0.25, -0.2) is 14.9 Å². The maximum Gasteiger partial charge on any atom is 0.515 e. The number of rotatable bonds is 4. The van der Waals surface area contributed by atoms with Crippen LogP contribution in [0.1, 0.15) is 40.0 Å². The van der Waals surface area contributed by atoms with Crippen LogP contribution in [0.4, 0.5) is 4.79 Å². The lowest BCUT2D eigenvalue weighted by atomic mass is 9.95. The van der Waals surface area contributed by atoms with Crippen LogP contribution in [-0.4, -0.2) is 59.7 Å². The van der Waals surface area contributed by atoms with Crippen LogP contribution in [-0.2, 0) is 4.74 Å². The number of carbonyl (C=O) groups excluding carboxylic acids is 1. The SMILES string of the molecule is CC(C)(C)OC(=O)[NH+]1C2CC(Oc3cnc(-c4ccc(-n5ccnc5)cc4O)nn3)CC1[C@@H]1C[C@H]21. The molecular formula is C25H29N6O4+. The highest BCUT2D eigenvalue weighted by molar-refractivity contribution is 5.65. The largest absolute Gasteiger partial charge is 0.515 e. The third-order valence-corrected chi connectivity index (χ3v) is 7.24. The van der Waals surface area contributed by atoms with Crippen LogP contribution in [0.5, 0.6) is 11.6 Å². The van der Waals surface area contributed by atoms with Crippen LogP contribution in [0.25, 0.3) is 17.1 Å². The number of quaternary nitrogens is 1. The molecule has 3 aromatic rings. The van der Waals surface area contributed by atoms with Gasteiger partial charge in [-0.05, 0) is 39.3 Å². The number of piperidine rings is 2. The van der Waals surface area contributed by atoms with Gasteiger partial charge < -0.3 is 19.1 Å². The van der Waals surface area contributed by atoms with Gasteiger partial charge in [-0.1, -0.05) is 0 Å². The number of alkyl carbamates (subject to hydrolysis) is 2. The number of fused-ring (bicyclic) bond motifs is 5. The summed E-state index contributed by atoms with van der Waals surface area (Å²) in [6, 6.07) is 5.69. The summed E-state index contributed by atoms with van der Waals surface area (Å²) in [5.74, 6) is 1.88. The number of nitrogens with zero attached hydrogens (tertiary/aromatic N) is 5. The van der Waals surface area contributed by atoms with E-state index in [1.54, 1.807) is 41.6 Å². The molecule has 0 radical (unpaired) electrons. The molecule has 6 rings (SSSR count). The molecule has 1 amide bonds. The molecule has 10 heteroatoms. The number of amides is 1. The van der Waals surface area contributed by atoms with E-state index in [2.05, 4.69) is 20.2 Å². The van der Waals surface area contributed by atoms with Crippen molar-refractivity contribution in [1.82, 2.24) is 24.7 Å². The standard InChI is InChI=1S/C25H28N6O4/c1-25(2,3)35-24(33)31-19-9-15(10-20(31)18-11-17(18)19)34-22-12-27-23(29-28-22)16-5-4-14(8-21(16)32)30-7-6-26-13-30/h4-8,12-13,15,17-20,32H,9-11H2,1-3H3/p+1/t15?,17-,18+,19?,20?. The third-order valence-electron chi connectivity index (χ3n) is 7.24. The molecule has 3 fully saturated rings. The summed E-state index contributed by atoms with van der Waals surface area (Å²) in [7, 11) is 0. The van der Waals surface area contributed by atoms with E-state index in [0.717, 1.165) is 23.4 Å². The van der Waals surface area contributed by atoms with E-state index in [9.17, 15) is 9.90 Å². The third kappa shape index (κ3) is 4.12. The fourth-order valence-electron chi connectivity index (χ4n) is 5.79. The molecule has 2 N–H and O–H groups in total. The molecule has 6 atom stereocenters. The second-order valence-corrected chi connectivity index (χ2v) is 10.7. The van der Waals surface area contributed by atoms with Crippen molar-refractivity contribution < 1.29 is 24.3 Å². The molecule has 2 bridgehead atoms. The van der Waals surface area contributed by atoms with Gasteiger partial charge in [0.2, 0.25) is 0 Å². The normalized spacial score (nSPS) is 28.9. The number of aromatic hydroxyl groups is 1. The van der Waals surface area contributed by atoms with Gasteiger partial charge in [0.1, 0.15) is 29.5 Å². The minimum Gasteiger partial charge on any atom is -0.507 e. The second-order valence-electron chi connectivity index (χ2n) is 10.7. The average Bonchev–Trinajstić information content (AvgIpc) is 3.34. The average molecular weight is 478 g/mol. The molecule has 4 unspecified atom stereocenters. The van der Waals surface area contributed by atoms with E-state index in [1.165, 1.54) is 6.42 Å². The van der Waals surface area contributed by atoms with Gasteiger partial charge in [0, 0.05) is 43.1 Å². The quantitative estimate of drug-likeness (QED) is 0.587. The maximum atomic E-state index is 12.8. The first-order chi connectivity index (χ1) is 16.8. The Hall–Kier alpha value is -3.53. The van der Waals surface area contributed by atoms with Gasteiger partial charge in [0.25, 0.3) is 5.88 Å². The number of hydrogen-bond acceptors (Lipinski definition) is 8. The molecule has 1 saturated carbocycles. The second kappa shape index (κ2) is 8.01. The Bertz CT molecular complexity index is 1220. The molecule has 2 aliphatic heterocycles. The van der Waals surface area contributed by atoms with Gasteiger partial charge in [-0.2, -0.15) is 4.79 Å². The molecule has 10 nitrogen and oxygen atoms in total. The Morgan fingerprint density at radius 1 is 1.14 bits per heavy atom. The van der Waals surface area contributed by atoms with E-state index in [4.69, 9.17) is 9.47 Å². The Balaban J connectivity index is 1.12. The number of ether oxygens (including phenoxy) is 2. The highest BCUT2D eigenvalue weighted by Gasteiger charge is 2.68. The lowest BCUT2D eigenvalue weighted by Crippen LogP contribution is -3.21. The Labute approximate surface area is 202 Å². The minimum atomic E-state index is -0.488. The first kappa shape index (κ1) is 22.0. The number of nitrogens with one attached hydrogen (secondary N) is 1. The monoisotopic (exact) mass is 477 g/mol. The van der Waals surface area contributed by atoms with Gasteiger partial charge in [-0.15, -0.1) is 10.2 Å². The lowest BCUT2D eigenvalue weighted by Gasteiger charge is -2.36. The van der Waals surface area contributed by atoms with Gasteiger partial charge in [0.15, 0.2) is 5.82 Å². The zero-order chi connectivity index (χ0) is 24.3. The molecule has 35 heavy (non-hydrogen) atoms. The van der Waals surface area contributed by atoms with E-state index in [0.29, 0.717) is 29.1 Å². The number of carbonyl (C=O) groups is 1. The summed E-state index contributed by atoms with van der Waals surface area (Å²) in [6.07, 6.45) is 9.28. The number of phenols is 1. The van der Waals surface area contributed by atoms with Crippen molar-refractivity contribution in [2.45, 2.75) is 63.8 Å². The molecule has 1 aromatic carbocycles. The summed E-state index contributed by atoms with van der Waals surface area (Å²) < 4.78 is 13.6. The first-order valence-corrected chi connectivity index (χ1v) is 12.0. The summed E-state index contributed by atoms with van der Waals surface area (Å²) in [4.78, 5) is 22.2. The maximum absolute atomic E-state index is 12.8. The Morgan fingerprint density at radius 3 is 2.51 bits per heavy atom. The van der Waals surface area contributed by atoms with E-state index in [-0.39, 0.29) is 30.0 Å². The zero-order valence-electron chi connectivity index (χ0n) is 20.0. The Kier molecular flexibility index (Phi) is 5.03. The number of benzene rings is 1. The minimum absolute atomic E-state index is 0.0335. The topological polar surface area (TPSA) is 117 Å². The van der Waals surface area contributed by atoms with Crippen molar-refractivity contribution >= 4 is 6.09 Å². The molecule has 2 saturated heterocycles. The molecular weight excluding hydrogens is 448 g/mol. The predicted octanol–water partition coefficient (Wildman–Crippen LogP) is 2.18. The van der Waals surface area contributed by atoms with Crippen molar-refractivity contribution in [3.05, 3.63) is 43.1 Å². The van der Waals surface area contributed by atoms with Crippen LogP contribution in [0.2, 0.25) is 0 Å². The molecule has 4 heterocycles. The fraction of sp³-hybridized carbons (Fsp3) is 0.480. The van der Waals surface area contributed by atoms with E-state index in [1.807, 2.05) is 26.8 Å². The molecule has 1 aliphatic carbocycles. The van der Waals surface area contributed by atoms with Crippen molar-refractivity contribution in [3.8, 4) is 28.7 Å². The van der Waals surface area contributed by atoms with Crippen LogP contribution in [0.15, 0.2) is 43.1 Å². The lowest BCUT2D eigenvalue weighted by molar-refractivity contribution is -0.877. The van der Waals surface area contributed by atoms with Crippen molar-refractivity contribution in [2.24, 2.45) is 11.8 Å². The number of imidazole rings is 1. The van der Waals surface area contributed by atoms with Crippen LogP contribution < -0.4 is 9.64 Å². The number of aromatic nitrogens is 5. The van der Waals surface area contributed by atoms with Gasteiger partial charge >= 0.3 is 6.09 Å². The molecule has 0 spiro atoms. The summed E-state index contributed by atoms with van der Waals surface area (Å²) >= 11 is 0. The predicted molar refractivity (Wildman–Crippen MR) is 124 cm³/mol. The fourth-order valence-corrected chi connectivity index (χ4v) is 5.79. The smallest absolute Gasteiger partial charge is 0.507 e. The van der Waals surface area contributed by atoms with Crippen molar-refractivity contribution in [2.75, 3.05) is 0 Å². The highest BCUT2D eigenvalue weighted by Crippen LogP contribution is 2.51. The van der Waals surface area contributed by atoms with Crippen LogP contribution >= 0.6 is 0 Å². The highest BCUT2D eigenvalue weighted by atomic mass is 16.6. The molecule has 182 valence electrons. The number of phenolic OH excluding ortho intramolecular Hbond substituents is 1. The van der Waals surface area contributed by atoms with Gasteiger partial charge in [0.05, 0.1) is 23.8 Å². The summed E-state index contributed by atoms with van der Waals surface area (Å²) in [5, 5.41) is 18.9. The van der Waals surface area contributed by atoms with Crippen molar-refractivity contribution in [3.63, 3.8) is 0 Å². The van der Waals surface area contributed by atoms with Crippen molar-refractivity contribution in [1.29, 1.82) is 0 Å². The first-order valence-electron chi connectivity index (χ1n) is 12.0. The Morgan fingerprint density at radius 2 is 1.91 bits per heavy atom. The summed E-state index contributed by atoms with van der Waals surface area (Å²) in [6.45, 7) is 5.73. The van der Waals surface area contributed by atoms with Gasteiger partial charge in [-0.3, -0.25) is 0 Å². The molecule has 2 aromatic heterocycles. The van der Waals surface area contributed by atoms with Crippen LogP contribution in [0, 0.1) is 11.8 Å². The molecule has 3 aliphatic rings. The zero-order valence-corrected chi connectivity index (χ0v) is 20.0. The van der Waals surface area contributed by atoms with Crippen LogP contribution in [0.3, 0.4) is 0 Å². The summed E-state index contributed by atoms with van der Waals surface area (Å²) in [5.41, 5.74) is 0.780. The van der Waals surface area contributed by atoms with E-state index < -0.39 is 5.60 Å². The van der Waals surface area contributed by atoms with E-state index >= 15 is 0 Å².